The normalized spacial score (nSPS) is 15.5. The van der Waals surface area contributed by atoms with Crippen molar-refractivity contribution in [3.8, 4) is 17.2 Å². The van der Waals surface area contributed by atoms with Crippen LogP contribution < -0.4 is 29.1 Å². The first-order chi connectivity index (χ1) is 17.7. The number of allylic oxidation sites excluding steroid dienone is 2. The number of rotatable bonds is 8. The number of carbonyl (C=O) groups excluding carboxylic acids is 1. The van der Waals surface area contributed by atoms with Crippen LogP contribution in [0.2, 0.25) is 0 Å². The third-order valence-corrected chi connectivity index (χ3v) is 7.53. The average molecular weight is 521 g/mol. The third kappa shape index (κ3) is 4.85. The van der Waals surface area contributed by atoms with Gasteiger partial charge < -0.3 is 14.2 Å². The Morgan fingerprint density at radius 3 is 2.22 bits per heavy atom. The van der Waals surface area contributed by atoms with E-state index in [0.29, 0.717) is 55.8 Å². The largest absolute Gasteiger partial charge is 0.493 e. The van der Waals surface area contributed by atoms with Gasteiger partial charge in [-0.25, -0.2) is 4.99 Å². The molecule has 2 heterocycles. The molecule has 7 nitrogen and oxygen atoms in total. The average Bonchev–Trinajstić information content (AvgIpc) is 3.20. The molecule has 3 aromatic rings. The van der Waals surface area contributed by atoms with Crippen LogP contribution in [0.25, 0.3) is 6.08 Å². The van der Waals surface area contributed by atoms with Crippen LogP contribution in [0.3, 0.4) is 0 Å². The van der Waals surface area contributed by atoms with Crippen LogP contribution in [0.1, 0.15) is 62.8 Å². The number of methoxy groups -OCH3 is 3. The van der Waals surface area contributed by atoms with Gasteiger partial charge in [-0.3, -0.25) is 14.2 Å². The minimum absolute atomic E-state index is 0.0708. The summed E-state index contributed by atoms with van der Waals surface area (Å²) in [6, 6.07) is 11.1. The van der Waals surface area contributed by atoms with Gasteiger partial charge in [0.1, 0.15) is 0 Å². The highest BCUT2D eigenvalue weighted by Gasteiger charge is 2.33. The quantitative estimate of drug-likeness (QED) is 0.441. The highest BCUT2D eigenvalue weighted by Crippen LogP contribution is 2.42. The van der Waals surface area contributed by atoms with Crippen molar-refractivity contribution in [2.45, 2.75) is 46.1 Å². The fraction of sp³-hybridized carbons (Fsp3) is 0.345. The van der Waals surface area contributed by atoms with Gasteiger partial charge in [0.25, 0.3) is 5.56 Å². The Bertz CT molecular complexity index is 1520. The Labute approximate surface area is 220 Å². The van der Waals surface area contributed by atoms with E-state index in [-0.39, 0.29) is 11.3 Å². The van der Waals surface area contributed by atoms with E-state index < -0.39 is 6.04 Å². The molecule has 0 amide bonds. The number of carbonyl (C=O) groups is 1. The van der Waals surface area contributed by atoms with E-state index in [1.54, 1.807) is 23.6 Å². The molecular formula is C29H32N2O5S. The number of fused-ring (bicyclic) bond motifs is 1. The maximum Gasteiger partial charge on any atom is 0.271 e. The smallest absolute Gasteiger partial charge is 0.271 e. The molecule has 1 aromatic heterocycles. The lowest BCUT2D eigenvalue weighted by atomic mass is 9.91. The molecular weight excluding hydrogens is 488 g/mol. The summed E-state index contributed by atoms with van der Waals surface area (Å²) in [5.74, 6) is 1.69. The highest BCUT2D eigenvalue weighted by atomic mass is 32.1. The summed E-state index contributed by atoms with van der Waals surface area (Å²) in [5, 5.41) is 0. The van der Waals surface area contributed by atoms with Crippen LogP contribution in [0.5, 0.6) is 17.2 Å². The second-order valence-corrected chi connectivity index (χ2v) is 10.1. The first kappa shape index (κ1) is 26.4. The number of ether oxygens (including phenoxy) is 3. The monoisotopic (exact) mass is 520 g/mol. The van der Waals surface area contributed by atoms with Crippen molar-refractivity contribution in [1.29, 1.82) is 0 Å². The van der Waals surface area contributed by atoms with Gasteiger partial charge in [-0.2, -0.15) is 0 Å². The Hall–Kier alpha value is -3.65. The van der Waals surface area contributed by atoms with Crippen molar-refractivity contribution in [3.63, 3.8) is 0 Å². The molecule has 1 atom stereocenters. The standard InChI is InChI=1S/C29H32N2O5S/c1-8-21(32)25-17(4)30-29-31(26(25)20-14-22(34-5)27(36-7)23(15-20)35-6)28(33)24(37-29)13-18-9-11-19(12-10-18)16(2)3/h9-16,26H,8H2,1-7H3/b24-13-. The summed E-state index contributed by atoms with van der Waals surface area (Å²) in [6.45, 7) is 7.91. The fourth-order valence-corrected chi connectivity index (χ4v) is 5.62. The number of benzene rings is 2. The topological polar surface area (TPSA) is 79.1 Å². The molecule has 0 saturated carbocycles. The molecule has 2 aromatic carbocycles. The van der Waals surface area contributed by atoms with Crippen LogP contribution in [-0.4, -0.2) is 31.7 Å². The van der Waals surface area contributed by atoms with Crippen molar-refractivity contribution in [3.05, 3.63) is 84.0 Å². The first-order valence-corrected chi connectivity index (χ1v) is 13.0. The second-order valence-electron chi connectivity index (χ2n) is 9.14. The predicted octanol–water partition coefficient (Wildman–Crippen LogP) is 4.36. The van der Waals surface area contributed by atoms with Gasteiger partial charge in [0.15, 0.2) is 22.1 Å². The van der Waals surface area contributed by atoms with Crippen molar-refractivity contribution in [1.82, 2.24) is 4.57 Å². The van der Waals surface area contributed by atoms with E-state index in [1.807, 2.05) is 25.1 Å². The van der Waals surface area contributed by atoms with Crippen LogP contribution in [-0.2, 0) is 4.79 Å². The second kappa shape index (κ2) is 10.8. The molecule has 0 radical (unpaired) electrons. The van der Waals surface area contributed by atoms with Crippen molar-refractivity contribution >= 4 is 23.2 Å². The molecule has 1 aliphatic rings. The molecule has 8 heteroatoms. The Balaban J connectivity index is 1.97. The van der Waals surface area contributed by atoms with Gasteiger partial charge in [-0.1, -0.05) is 56.4 Å². The number of ketones is 1. The number of aromatic nitrogens is 1. The van der Waals surface area contributed by atoms with E-state index in [0.717, 1.165) is 5.56 Å². The molecule has 194 valence electrons. The number of hydrogen-bond acceptors (Lipinski definition) is 7. The zero-order chi connectivity index (χ0) is 26.9. The molecule has 0 N–H and O–H groups in total. The summed E-state index contributed by atoms with van der Waals surface area (Å²) in [4.78, 5) is 32.2. The van der Waals surface area contributed by atoms with E-state index in [2.05, 4.69) is 31.0 Å². The van der Waals surface area contributed by atoms with Crippen LogP contribution in [0.4, 0.5) is 0 Å². The summed E-state index contributed by atoms with van der Waals surface area (Å²) in [5.41, 5.74) is 3.72. The SMILES string of the molecule is CCC(=O)C1=C(C)N=c2s/c(=C\c3ccc(C(C)C)cc3)c(=O)n2C1c1cc(OC)c(OC)c(OC)c1. The van der Waals surface area contributed by atoms with Crippen LogP contribution in [0.15, 0.2) is 57.5 Å². The van der Waals surface area contributed by atoms with E-state index in [4.69, 9.17) is 14.2 Å². The third-order valence-electron chi connectivity index (χ3n) is 6.55. The Kier molecular flexibility index (Phi) is 7.68. The van der Waals surface area contributed by atoms with Gasteiger partial charge in [-0.15, -0.1) is 0 Å². The highest BCUT2D eigenvalue weighted by molar-refractivity contribution is 7.07. The van der Waals surface area contributed by atoms with Gasteiger partial charge in [-0.05, 0) is 47.7 Å². The maximum absolute atomic E-state index is 13.8. The summed E-state index contributed by atoms with van der Waals surface area (Å²) in [6.07, 6.45) is 2.17. The van der Waals surface area contributed by atoms with E-state index in [1.165, 1.54) is 38.2 Å². The summed E-state index contributed by atoms with van der Waals surface area (Å²) in [7, 11) is 4.61. The zero-order valence-corrected chi connectivity index (χ0v) is 23.1. The van der Waals surface area contributed by atoms with E-state index in [9.17, 15) is 9.59 Å². The minimum atomic E-state index is -0.678. The lowest BCUT2D eigenvalue weighted by Crippen LogP contribution is -2.39. The first-order valence-electron chi connectivity index (χ1n) is 12.2. The lowest BCUT2D eigenvalue weighted by molar-refractivity contribution is -0.115. The number of thiazole rings is 1. The number of Topliss-reactive ketones (excluding diaryl/α,β-unsaturated/α-hetero) is 1. The summed E-state index contributed by atoms with van der Waals surface area (Å²) < 4.78 is 18.8. The van der Waals surface area contributed by atoms with Crippen molar-refractivity contribution in [2.24, 2.45) is 4.99 Å². The van der Waals surface area contributed by atoms with Crippen LogP contribution in [0, 0.1) is 0 Å². The number of hydrogen-bond donors (Lipinski definition) is 0. The van der Waals surface area contributed by atoms with Crippen LogP contribution >= 0.6 is 11.3 Å². The number of nitrogens with zero attached hydrogens (tertiary/aromatic N) is 2. The van der Waals surface area contributed by atoms with Crippen molar-refractivity contribution < 1.29 is 19.0 Å². The maximum atomic E-state index is 13.8. The van der Waals surface area contributed by atoms with Gasteiger partial charge in [0, 0.05) is 17.7 Å². The van der Waals surface area contributed by atoms with E-state index >= 15 is 0 Å². The molecule has 1 aliphatic heterocycles. The van der Waals surface area contributed by atoms with Crippen molar-refractivity contribution in [2.75, 3.05) is 21.3 Å². The van der Waals surface area contributed by atoms with Gasteiger partial charge in [0.2, 0.25) is 5.75 Å². The molecule has 0 bridgehead atoms. The summed E-state index contributed by atoms with van der Waals surface area (Å²) >= 11 is 1.31. The predicted molar refractivity (Wildman–Crippen MR) is 146 cm³/mol. The van der Waals surface area contributed by atoms with Gasteiger partial charge >= 0.3 is 0 Å². The lowest BCUT2D eigenvalue weighted by Gasteiger charge is -2.26. The molecule has 4 rings (SSSR count). The molecule has 0 aliphatic carbocycles. The Morgan fingerprint density at radius 1 is 1.08 bits per heavy atom. The fourth-order valence-electron chi connectivity index (χ4n) is 4.57. The molecule has 37 heavy (non-hydrogen) atoms. The molecule has 1 unspecified atom stereocenters. The molecule has 0 fully saturated rings. The minimum Gasteiger partial charge on any atom is -0.493 e. The van der Waals surface area contributed by atoms with Gasteiger partial charge in [0.05, 0.1) is 31.9 Å². The molecule has 0 spiro atoms. The zero-order valence-electron chi connectivity index (χ0n) is 22.2. The molecule has 0 saturated heterocycles. The Morgan fingerprint density at radius 2 is 1.70 bits per heavy atom.